The van der Waals surface area contributed by atoms with Gasteiger partial charge in [0, 0.05) is 13.1 Å². The van der Waals surface area contributed by atoms with Crippen molar-refractivity contribution in [2.45, 2.75) is 19.6 Å². The van der Waals surface area contributed by atoms with Crippen molar-refractivity contribution in [2.24, 2.45) is 0 Å². The van der Waals surface area contributed by atoms with Gasteiger partial charge in [-0.25, -0.2) is 0 Å². The van der Waals surface area contributed by atoms with Gasteiger partial charge in [-0.3, -0.25) is 0 Å². The summed E-state index contributed by atoms with van der Waals surface area (Å²) in [5.74, 6) is 1.45. The Labute approximate surface area is 96.2 Å². The third-order valence-electron chi connectivity index (χ3n) is 2.22. The number of hydrogen-bond acceptors (Lipinski definition) is 4. The highest BCUT2D eigenvalue weighted by molar-refractivity contribution is 5.42. The van der Waals surface area contributed by atoms with Gasteiger partial charge in [0.15, 0.2) is 11.5 Å². The topological polar surface area (TPSA) is 50.7 Å². The number of nitrogens with one attached hydrogen (secondary N) is 1. The molecule has 0 amide bonds. The zero-order valence-electron chi connectivity index (χ0n) is 9.99. The number of benzene rings is 1. The Morgan fingerprint density at radius 1 is 1.25 bits per heavy atom. The Morgan fingerprint density at radius 3 is 2.50 bits per heavy atom. The first-order valence-electron chi connectivity index (χ1n) is 5.27. The maximum atomic E-state index is 9.11. The van der Waals surface area contributed by atoms with E-state index in [-0.39, 0.29) is 6.10 Å². The van der Waals surface area contributed by atoms with Crippen LogP contribution in [0.2, 0.25) is 0 Å². The van der Waals surface area contributed by atoms with Crippen molar-refractivity contribution in [1.29, 1.82) is 0 Å². The van der Waals surface area contributed by atoms with E-state index in [0.717, 1.165) is 17.1 Å². The van der Waals surface area contributed by atoms with Crippen LogP contribution in [0.5, 0.6) is 11.5 Å². The van der Waals surface area contributed by atoms with Crippen LogP contribution in [0.4, 0.5) is 0 Å². The molecule has 4 heteroatoms. The SMILES string of the molecule is COc1ccc(CNC[C@@H](C)O)cc1OC. The van der Waals surface area contributed by atoms with E-state index in [1.165, 1.54) is 0 Å². The number of methoxy groups -OCH3 is 2. The summed E-state index contributed by atoms with van der Waals surface area (Å²) in [6, 6.07) is 5.77. The summed E-state index contributed by atoms with van der Waals surface area (Å²) in [4.78, 5) is 0. The summed E-state index contributed by atoms with van der Waals surface area (Å²) in [5, 5.41) is 12.2. The molecule has 0 aliphatic rings. The fourth-order valence-corrected chi connectivity index (χ4v) is 1.42. The fourth-order valence-electron chi connectivity index (χ4n) is 1.42. The standard InChI is InChI=1S/C12H19NO3/c1-9(14)7-13-8-10-4-5-11(15-2)12(6-10)16-3/h4-6,9,13-14H,7-8H2,1-3H3/t9-/m1/s1. The van der Waals surface area contributed by atoms with Crippen molar-refractivity contribution in [3.8, 4) is 11.5 Å². The second-order valence-electron chi connectivity index (χ2n) is 3.67. The maximum absolute atomic E-state index is 9.11. The molecular formula is C12H19NO3. The molecule has 0 unspecified atom stereocenters. The zero-order chi connectivity index (χ0) is 12.0. The monoisotopic (exact) mass is 225 g/mol. The molecule has 1 rings (SSSR count). The van der Waals surface area contributed by atoms with Gasteiger partial charge < -0.3 is 19.9 Å². The first kappa shape index (κ1) is 12.8. The molecule has 0 fully saturated rings. The third kappa shape index (κ3) is 3.72. The van der Waals surface area contributed by atoms with Crippen molar-refractivity contribution in [3.05, 3.63) is 23.8 Å². The Morgan fingerprint density at radius 2 is 1.94 bits per heavy atom. The van der Waals surface area contributed by atoms with Gasteiger partial charge in [-0.1, -0.05) is 6.07 Å². The van der Waals surface area contributed by atoms with E-state index in [2.05, 4.69) is 5.32 Å². The summed E-state index contributed by atoms with van der Waals surface area (Å²) in [6.45, 7) is 3.03. The molecule has 1 aromatic rings. The van der Waals surface area contributed by atoms with Gasteiger partial charge in [0.25, 0.3) is 0 Å². The van der Waals surface area contributed by atoms with Crippen LogP contribution < -0.4 is 14.8 Å². The van der Waals surface area contributed by atoms with Crippen LogP contribution in [0.3, 0.4) is 0 Å². The van der Waals surface area contributed by atoms with Crippen molar-refractivity contribution < 1.29 is 14.6 Å². The van der Waals surface area contributed by atoms with E-state index in [1.54, 1.807) is 21.1 Å². The quantitative estimate of drug-likeness (QED) is 0.763. The van der Waals surface area contributed by atoms with Gasteiger partial charge in [0.2, 0.25) is 0 Å². The van der Waals surface area contributed by atoms with Crippen LogP contribution in [0.25, 0.3) is 0 Å². The zero-order valence-corrected chi connectivity index (χ0v) is 9.99. The lowest BCUT2D eigenvalue weighted by Gasteiger charge is -2.10. The van der Waals surface area contributed by atoms with Crippen molar-refractivity contribution in [2.75, 3.05) is 20.8 Å². The minimum absolute atomic E-state index is 0.333. The molecule has 0 bridgehead atoms. The van der Waals surface area contributed by atoms with Crippen LogP contribution in [0.15, 0.2) is 18.2 Å². The molecule has 0 saturated carbocycles. The third-order valence-corrected chi connectivity index (χ3v) is 2.22. The first-order chi connectivity index (χ1) is 7.67. The van der Waals surface area contributed by atoms with Crippen molar-refractivity contribution in [3.63, 3.8) is 0 Å². The van der Waals surface area contributed by atoms with Gasteiger partial charge in [-0.2, -0.15) is 0 Å². The lowest BCUT2D eigenvalue weighted by atomic mass is 10.2. The smallest absolute Gasteiger partial charge is 0.161 e. The van der Waals surface area contributed by atoms with Crippen molar-refractivity contribution >= 4 is 0 Å². The van der Waals surface area contributed by atoms with Crippen LogP contribution in [-0.4, -0.2) is 32.0 Å². The second kappa shape index (κ2) is 6.35. The Balaban J connectivity index is 2.60. The molecule has 0 saturated heterocycles. The number of rotatable bonds is 6. The number of aliphatic hydroxyl groups excluding tert-OH is 1. The summed E-state index contributed by atoms with van der Waals surface area (Å²) < 4.78 is 10.4. The van der Waals surface area contributed by atoms with Gasteiger partial charge in [-0.05, 0) is 24.6 Å². The molecule has 4 nitrogen and oxygen atoms in total. The van der Waals surface area contributed by atoms with E-state index in [9.17, 15) is 0 Å². The summed E-state index contributed by atoms with van der Waals surface area (Å²) in [6.07, 6.45) is -0.333. The number of hydrogen-bond donors (Lipinski definition) is 2. The van der Waals surface area contributed by atoms with Gasteiger partial charge >= 0.3 is 0 Å². The average molecular weight is 225 g/mol. The van der Waals surface area contributed by atoms with Crippen molar-refractivity contribution in [1.82, 2.24) is 5.32 Å². The van der Waals surface area contributed by atoms with Gasteiger partial charge in [0.1, 0.15) is 0 Å². The lowest BCUT2D eigenvalue weighted by molar-refractivity contribution is 0.191. The van der Waals surface area contributed by atoms with E-state index >= 15 is 0 Å². The summed E-state index contributed by atoms with van der Waals surface area (Å²) in [7, 11) is 3.23. The fraction of sp³-hybridized carbons (Fsp3) is 0.500. The van der Waals surface area contributed by atoms with Crippen LogP contribution in [0, 0.1) is 0 Å². The maximum Gasteiger partial charge on any atom is 0.161 e. The minimum atomic E-state index is -0.333. The second-order valence-corrected chi connectivity index (χ2v) is 3.67. The highest BCUT2D eigenvalue weighted by Crippen LogP contribution is 2.27. The molecular weight excluding hydrogens is 206 g/mol. The highest BCUT2D eigenvalue weighted by Gasteiger charge is 2.04. The van der Waals surface area contributed by atoms with Crippen LogP contribution in [-0.2, 0) is 6.54 Å². The molecule has 0 aromatic heterocycles. The van der Waals surface area contributed by atoms with Gasteiger partial charge in [0.05, 0.1) is 20.3 Å². The normalized spacial score (nSPS) is 12.2. The predicted octanol–water partition coefficient (Wildman–Crippen LogP) is 1.17. The lowest BCUT2D eigenvalue weighted by Crippen LogP contribution is -2.23. The molecule has 16 heavy (non-hydrogen) atoms. The first-order valence-corrected chi connectivity index (χ1v) is 5.27. The van der Waals surface area contributed by atoms with E-state index < -0.39 is 0 Å². The number of aliphatic hydroxyl groups is 1. The van der Waals surface area contributed by atoms with Crippen LogP contribution >= 0.6 is 0 Å². The Bertz CT molecular complexity index is 326. The summed E-state index contributed by atoms with van der Waals surface area (Å²) >= 11 is 0. The predicted molar refractivity (Wildman–Crippen MR) is 62.9 cm³/mol. The molecule has 0 aliphatic carbocycles. The van der Waals surface area contributed by atoms with Gasteiger partial charge in [-0.15, -0.1) is 0 Å². The molecule has 0 radical (unpaired) electrons. The largest absolute Gasteiger partial charge is 0.493 e. The van der Waals surface area contributed by atoms with Crippen LogP contribution in [0.1, 0.15) is 12.5 Å². The highest BCUT2D eigenvalue weighted by atomic mass is 16.5. The van der Waals surface area contributed by atoms with E-state index in [0.29, 0.717) is 13.1 Å². The van der Waals surface area contributed by atoms with E-state index in [4.69, 9.17) is 14.6 Å². The molecule has 2 N–H and O–H groups in total. The average Bonchev–Trinajstić information content (AvgIpc) is 2.28. The Hall–Kier alpha value is -1.26. The molecule has 0 heterocycles. The Kier molecular flexibility index (Phi) is 5.08. The van der Waals surface area contributed by atoms with E-state index in [1.807, 2.05) is 18.2 Å². The molecule has 0 aliphatic heterocycles. The summed E-state index contributed by atoms with van der Waals surface area (Å²) in [5.41, 5.74) is 1.10. The molecule has 1 atom stereocenters. The minimum Gasteiger partial charge on any atom is -0.493 e. The molecule has 1 aromatic carbocycles. The number of ether oxygens (including phenoxy) is 2. The molecule has 0 spiro atoms. The molecule has 90 valence electrons.